The average Bonchev–Trinajstić information content (AvgIpc) is 2.90. The summed E-state index contributed by atoms with van der Waals surface area (Å²) in [4.78, 5) is 23.4. The molecule has 0 heterocycles. The average molecular weight is 279 g/mol. The molecule has 0 aliphatic heterocycles. The fourth-order valence-electron chi connectivity index (χ4n) is 2.79. The lowest BCUT2D eigenvalue weighted by molar-refractivity contribution is -0.142. The SMILES string of the molecule is C[C@@H](NC(=O)C1(c2ccc(F)cc2)CCCC1)C(=O)O. The van der Waals surface area contributed by atoms with Gasteiger partial charge in [0.25, 0.3) is 0 Å². The van der Waals surface area contributed by atoms with Crippen LogP contribution in [0.1, 0.15) is 38.2 Å². The van der Waals surface area contributed by atoms with Crippen molar-refractivity contribution in [2.24, 2.45) is 0 Å². The molecule has 1 aromatic carbocycles. The Bertz CT molecular complexity index is 506. The molecule has 108 valence electrons. The van der Waals surface area contributed by atoms with Crippen LogP contribution in [0.4, 0.5) is 4.39 Å². The first-order valence-corrected chi connectivity index (χ1v) is 6.75. The smallest absolute Gasteiger partial charge is 0.325 e. The van der Waals surface area contributed by atoms with Crippen LogP contribution in [0.3, 0.4) is 0 Å². The van der Waals surface area contributed by atoms with Gasteiger partial charge in [0.2, 0.25) is 5.91 Å². The Labute approximate surface area is 117 Å². The minimum absolute atomic E-state index is 0.281. The van der Waals surface area contributed by atoms with Crippen LogP contribution in [-0.2, 0) is 15.0 Å². The first-order chi connectivity index (χ1) is 9.45. The number of rotatable bonds is 4. The maximum Gasteiger partial charge on any atom is 0.325 e. The number of benzene rings is 1. The molecular formula is C15H18FNO3. The number of carbonyl (C=O) groups excluding carboxylic acids is 1. The van der Waals surface area contributed by atoms with Gasteiger partial charge in [-0.3, -0.25) is 9.59 Å². The molecule has 0 saturated heterocycles. The van der Waals surface area contributed by atoms with Crippen molar-refractivity contribution in [3.05, 3.63) is 35.6 Å². The van der Waals surface area contributed by atoms with E-state index < -0.39 is 17.4 Å². The zero-order chi connectivity index (χ0) is 14.8. The van der Waals surface area contributed by atoms with E-state index in [1.165, 1.54) is 19.1 Å². The maximum atomic E-state index is 13.0. The van der Waals surface area contributed by atoms with Gasteiger partial charge in [-0.25, -0.2) is 4.39 Å². The van der Waals surface area contributed by atoms with E-state index >= 15 is 0 Å². The Balaban J connectivity index is 2.28. The quantitative estimate of drug-likeness (QED) is 0.888. The van der Waals surface area contributed by atoms with E-state index in [9.17, 15) is 14.0 Å². The van der Waals surface area contributed by atoms with Crippen LogP contribution in [-0.4, -0.2) is 23.0 Å². The summed E-state index contributed by atoms with van der Waals surface area (Å²) in [6, 6.07) is 4.98. The number of carboxylic acid groups (broad SMARTS) is 1. The van der Waals surface area contributed by atoms with Crippen molar-refractivity contribution in [3.63, 3.8) is 0 Å². The summed E-state index contributed by atoms with van der Waals surface area (Å²) < 4.78 is 13.0. The summed E-state index contributed by atoms with van der Waals surface area (Å²) in [5.41, 5.74) is 0.0312. The van der Waals surface area contributed by atoms with Crippen molar-refractivity contribution in [2.75, 3.05) is 0 Å². The van der Waals surface area contributed by atoms with Crippen LogP contribution >= 0.6 is 0 Å². The van der Waals surface area contributed by atoms with Crippen molar-refractivity contribution in [3.8, 4) is 0 Å². The molecule has 0 spiro atoms. The molecule has 1 aromatic rings. The van der Waals surface area contributed by atoms with Gasteiger partial charge in [-0.2, -0.15) is 0 Å². The summed E-state index contributed by atoms with van der Waals surface area (Å²) in [6.45, 7) is 1.44. The highest BCUT2D eigenvalue weighted by Gasteiger charge is 2.43. The Morgan fingerprint density at radius 3 is 2.30 bits per heavy atom. The molecule has 0 radical (unpaired) electrons. The molecule has 0 unspecified atom stereocenters. The predicted octanol–water partition coefficient (Wildman–Crippen LogP) is 2.23. The number of nitrogens with one attached hydrogen (secondary N) is 1. The number of halogens is 1. The minimum atomic E-state index is -1.06. The number of hydrogen-bond acceptors (Lipinski definition) is 2. The van der Waals surface area contributed by atoms with Gasteiger partial charge in [-0.05, 0) is 37.5 Å². The highest BCUT2D eigenvalue weighted by Crippen LogP contribution is 2.41. The summed E-state index contributed by atoms with van der Waals surface area (Å²) in [5, 5.41) is 11.4. The normalized spacial score (nSPS) is 18.5. The summed E-state index contributed by atoms with van der Waals surface area (Å²) in [7, 11) is 0. The van der Waals surface area contributed by atoms with Crippen molar-refractivity contribution < 1.29 is 19.1 Å². The first-order valence-electron chi connectivity index (χ1n) is 6.75. The first kappa shape index (κ1) is 14.5. The molecule has 2 rings (SSSR count). The molecule has 0 aromatic heterocycles. The molecule has 5 heteroatoms. The lowest BCUT2D eigenvalue weighted by Gasteiger charge is -2.29. The number of hydrogen-bond donors (Lipinski definition) is 2. The van der Waals surface area contributed by atoms with Gasteiger partial charge >= 0.3 is 5.97 Å². The van der Waals surface area contributed by atoms with E-state index in [1.807, 2.05) is 0 Å². The van der Waals surface area contributed by atoms with E-state index in [2.05, 4.69) is 5.32 Å². The Hall–Kier alpha value is -1.91. The molecule has 1 aliphatic rings. The van der Waals surface area contributed by atoms with E-state index in [0.29, 0.717) is 12.8 Å². The van der Waals surface area contributed by atoms with Gasteiger partial charge in [0.05, 0.1) is 5.41 Å². The van der Waals surface area contributed by atoms with Gasteiger partial charge in [-0.15, -0.1) is 0 Å². The van der Waals surface area contributed by atoms with Crippen LogP contribution < -0.4 is 5.32 Å². The van der Waals surface area contributed by atoms with E-state index in [4.69, 9.17) is 5.11 Å². The van der Waals surface area contributed by atoms with Crippen LogP contribution in [0.2, 0.25) is 0 Å². The topological polar surface area (TPSA) is 66.4 Å². The fourth-order valence-corrected chi connectivity index (χ4v) is 2.79. The van der Waals surface area contributed by atoms with Gasteiger partial charge in [0.15, 0.2) is 0 Å². The molecular weight excluding hydrogens is 261 g/mol. The van der Waals surface area contributed by atoms with Crippen LogP contribution in [0.25, 0.3) is 0 Å². The molecule has 2 N–H and O–H groups in total. The van der Waals surface area contributed by atoms with Crippen molar-refractivity contribution in [2.45, 2.75) is 44.1 Å². The molecule has 1 atom stereocenters. The van der Waals surface area contributed by atoms with Crippen LogP contribution in [0.15, 0.2) is 24.3 Å². The second-order valence-corrected chi connectivity index (χ2v) is 5.33. The number of amides is 1. The number of carbonyl (C=O) groups is 2. The summed E-state index contributed by atoms with van der Waals surface area (Å²) in [5.74, 6) is -1.69. The molecule has 4 nitrogen and oxygen atoms in total. The monoisotopic (exact) mass is 279 g/mol. The van der Waals surface area contributed by atoms with Crippen molar-refractivity contribution in [1.82, 2.24) is 5.32 Å². The zero-order valence-electron chi connectivity index (χ0n) is 11.4. The van der Waals surface area contributed by atoms with E-state index in [1.54, 1.807) is 12.1 Å². The van der Waals surface area contributed by atoms with Crippen molar-refractivity contribution >= 4 is 11.9 Å². The Morgan fingerprint density at radius 1 is 1.25 bits per heavy atom. The van der Waals surface area contributed by atoms with E-state index in [0.717, 1.165) is 18.4 Å². The second-order valence-electron chi connectivity index (χ2n) is 5.33. The lowest BCUT2D eigenvalue weighted by Crippen LogP contribution is -2.48. The van der Waals surface area contributed by atoms with Crippen molar-refractivity contribution in [1.29, 1.82) is 0 Å². The fraction of sp³-hybridized carbons (Fsp3) is 0.467. The lowest BCUT2D eigenvalue weighted by atomic mass is 9.78. The molecule has 20 heavy (non-hydrogen) atoms. The third-order valence-electron chi connectivity index (χ3n) is 4.01. The van der Waals surface area contributed by atoms with Crippen LogP contribution in [0.5, 0.6) is 0 Å². The molecule has 1 saturated carbocycles. The molecule has 1 aliphatic carbocycles. The van der Waals surface area contributed by atoms with Gasteiger partial charge in [0, 0.05) is 0 Å². The number of carboxylic acids is 1. The zero-order valence-corrected chi connectivity index (χ0v) is 11.4. The van der Waals surface area contributed by atoms with Gasteiger partial charge in [-0.1, -0.05) is 25.0 Å². The standard InChI is InChI=1S/C15H18FNO3/c1-10(13(18)19)17-14(20)15(8-2-3-9-15)11-4-6-12(16)7-5-11/h4-7,10H,2-3,8-9H2,1H3,(H,17,20)(H,18,19)/t10-/m1/s1. The molecule has 1 fully saturated rings. The Kier molecular flexibility index (Phi) is 4.06. The molecule has 0 bridgehead atoms. The van der Waals surface area contributed by atoms with Crippen LogP contribution in [0, 0.1) is 5.82 Å². The summed E-state index contributed by atoms with van der Waals surface area (Å²) >= 11 is 0. The minimum Gasteiger partial charge on any atom is -0.480 e. The summed E-state index contributed by atoms with van der Waals surface area (Å²) in [6.07, 6.45) is 3.14. The third-order valence-corrected chi connectivity index (χ3v) is 4.01. The van der Waals surface area contributed by atoms with Gasteiger partial charge in [0.1, 0.15) is 11.9 Å². The molecule has 1 amide bonds. The Morgan fingerprint density at radius 2 is 1.80 bits per heavy atom. The number of aliphatic carboxylic acids is 1. The second kappa shape index (κ2) is 5.61. The maximum absolute atomic E-state index is 13.0. The van der Waals surface area contributed by atoms with Gasteiger partial charge < -0.3 is 10.4 Å². The third kappa shape index (κ3) is 2.66. The predicted molar refractivity (Wildman–Crippen MR) is 71.8 cm³/mol. The van der Waals surface area contributed by atoms with E-state index in [-0.39, 0.29) is 11.7 Å². The highest BCUT2D eigenvalue weighted by atomic mass is 19.1. The highest BCUT2D eigenvalue weighted by molar-refractivity contribution is 5.91. The largest absolute Gasteiger partial charge is 0.480 e.